The van der Waals surface area contributed by atoms with Crippen molar-refractivity contribution < 1.29 is 9.53 Å². The Kier molecular flexibility index (Phi) is 7.50. The minimum absolute atomic E-state index is 0.217. The van der Waals surface area contributed by atoms with Crippen molar-refractivity contribution in [2.24, 2.45) is 11.1 Å². The Morgan fingerprint density at radius 3 is 2.10 bits per heavy atom. The summed E-state index contributed by atoms with van der Waals surface area (Å²) in [7, 11) is 0. The number of carbonyl (C=O) groups excluding carboxylic acids is 1. The smallest absolute Gasteiger partial charge is 0.314 e. The number of nitriles is 1. The van der Waals surface area contributed by atoms with E-state index >= 15 is 0 Å². The van der Waals surface area contributed by atoms with Crippen LogP contribution in [0.5, 0.6) is 0 Å². The van der Waals surface area contributed by atoms with Crippen LogP contribution in [0.15, 0.2) is 128 Å². The standard InChI is InChI=1S/C42H33N7O2S/c1-27-20-33(36-35(29-13-11-12-28(21-29)22-43)47-39(52-36)37-41(26-51-37)24-48(25-41)40(44)50)34-23-45-49(38(34)46-27)42(30-14-5-2-6-15-30,31-16-7-3-8-17-31)32-18-9-4-10-19-32/h2-21,23,37H,24-26H2,1H3,(H2,44,50). The van der Waals surface area contributed by atoms with E-state index in [0.29, 0.717) is 25.3 Å². The van der Waals surface area contributed by atoms with Crippen LogP contribution in [0, 0.1) is 23.7 Å². The van der Waals surface area contributed by atoms with Gasteiger partial charge in [-0.2, -0.15) is 10.4 Å². The zero-order valence-electron chi connectivity index (χ0n) is 28.3. The van der Waals surface area contributed by atoms with Crippen LogP contribution in [0.4, 0.5) is 4.79 Å². The number of nitrogens with zero attached hydrogens (tertiary/aromatic N) is 6. The first-order chi connectivity index (χ1) is 25.4. The number of urea groups is 1. The maximum atomic E-state index is 11.9. The number of rotatable bonds is 7. The van der Waals surface area contributed by atoms with Crippen LogP contribution in [-0.2, 0) is 10.3 Å². The van der Waals surface area contributed by atoms with Crippen molar-refractivity contribution in [3.05, 3.63) is 160 Å². The molecule has 4 aromatic carbocycles. The highest BCUT2D eigenvalue weighted by Crippen LogP contribution is 2.55. The molecule has 1 unspecified atom stereocenters. The lowest BCUT2D eigenvalue weighted by Crippen LogP contribution is -2.69. The Balaban J connectivity index is 1.28. The fraction of sp³-hybridized carbons (Fsp3) is 0.167. The average molecular weight is 700 g/mol. The maximum absolute atomic E-state index is 11.9. The normalized spacial score (nSPS) is 16.3. The van der Waals surface area contributed by atoms with E-state index in [1.807, 2.05) is 49.5 Å². The van der Waals surface area contributed by atoms with Gasteiger partial charge in [-0.3, -0.25) is 0 Å². The van der Waals surface area contributed by atoms with E-state index in [2.05, 4.69) is 89.6 Å². The molecule has 2 aliphatic heterocycles. The molecule has 0 bridgehead atoms. The monoisotopic (exact) mass is 699 g/mol. The molecule has 2 fully saturated rings. The number of ether oxygens (including phenoxy) is 1. The number of likely N-dealkylation sites (tertiary alicyclic amines) is 1. The summed E-state index contributed by atoms with van der Waals surface area (Å²) in [5.74, 6) is 0. The van der Waals surface area contributed by atoms with E-state index in [1.54, 1.807) is 22.3 Å². The van der Waals surface area contributed by atoms with Crippen LogP contribution in [-0.4, -0.2) is 50.4 Å². The zero-order chi connectivity index (χ0) is 35.5. The fourth-order valence-corrected chi connectivity index (χ4v) is 9.20. The highest BCUT2D eigenvalue weighted by molar-refractivity contribution is 7.16. The van der Waals surface area contributed by atoms with Crippen molar-refractivity contribution in [3.8, 4) is 27.8 Å². The Hall–Kier alpha value is -6.15. The quantitative estimate of drug-likeness (QED) is 0.170. The number of nitrogens with two attached hydrogens (primary N) is 1. The maximum Gasteiger partial charge on any atom is 0.314 e. The molecule has 2 saturated heterocycles. The van der Waals surface area contributed by atoms with E-state index in [1.165, 1.54) is 0 Å². The third-order valence-corrected chi connectivity index (χ3v) is 11.5. The SMILES string of the molecule is Cc1cc(-c2sc(C3OCC34CN(C(N)=O)C4)nc2-c2cccc(C#N)c2)c2cnn(C(c3ccccc3)(c3ccccc3)c3ccccc3)c2n1. The van der Waals surface area contributed by atoms with Gasteiger partial charge in [0.15, 0.2) is 5.65 Å². The van der Waals surface area contributed by atoms with Crippen molar-refractivity contribution in [2.45, 2.75) is 18.6 Å². The summed E-state index contributed by atoms with van der Waals surface area (Å²) >= 11 is 1.58. The number of hydrogen-bond donors (Lipinski definition) is 1. The number of pyridine rings is 1. The molecule has 2 amide bonds. The van der Waals surface area contributed by atoms with Crippen molar-refractivity contribution in [2.75, 3.05) is 19.7 Å². The van der Waals surface area contributed by atoms with Gasteiger partial charge in [-0.1, -0.05) is 103 Å². The van der Waals surface area contributed by atoms with Crippen molar-refractivity contribution >= 4 is 28.4 Å². The fourth-order valence-electron chi connectivity index (χ4n) is 7.89. The van der Waals surface area contributed by atoms with E-state index in [4.69, 9.17) is 25.5 Å². The number of fused-ring (bicyclic) bond motifs is 1. The van der Waals surface area contributed by atoms with Crippen molar-refractivity contribution in [1.82, 2.24) is 24.6 Å². The second kappa shape index (κ2) is 12.3. The number of amides is 2. The third kappa shape index (κ3) is 4.85. The molecule has 7 aromatic rings. The minimum atomic E-state index is -0.852. The molecule has 9 nitrogen and oxygen atoms in total. The van der Waals surface area contributed by atoms with Gasteiger partial charge >= 0.3 is 6.03 Å². The number of aryl methyl sites for hydroxylation is 1. The second-order valence-electron chi connectivity index (χ2n) is 13.6. The molecule has 2 aliphatic rings. The van der Waals surface area contributed by atoms with Gasteiger partial charge in [0.1, 0.15) is 16.7 Å². The molecule has 1 spiro atoms. The number of aromatic nitrogens is 4. The summed E-state index contributed by atoms with van der Waals surface area (Å²) < 4.78 is 8.25. The molecule has 2 N–H and O–H groups in total. The second-order valence-corrected chi connectivity index (χ2v) is 14.6. The molecular formula is C42H33N7O2S. The molecule has 52 heavy (non-hydrogen) atoms. The minimum Gasteiger partial charge on any atom is -0.369 e. The van der Waals surface area contributed by atoms with Gasteiger partial charge in [0.05, 0.1) is 40.4 Å². The van der Waals surface area contributed by atoms with Crippen LogP contribution < -0.4 is 5.73 Å². The number of benzene rings is 4. The molecule has 0 saturated carbocycles. The van der Waals surface area contributed by atoms with Crippen LogP contribution in [0.3, 0.4) is 0 Å². The van der Waals surface area contributed by atoms with Gasteiger partial charge in [-0.15, -0.1) is 11.3 Å². The Bertz CT molecular complexity index is 2400. The third-order valence-electron chi connectivity index (χ3n) is 10.4. The summed E-state index contributed by atoms with van der Waals surface area (Å²) in [6.07, 6.45) is 1.64. The summed E-state index contributed by atoms with van der Waals surface area (Å²) in [4.78, 5) is 24.9. The molecule has 0 radical (unpaired) electrons. The topological polar surface area (TPSA) is 123 Å². The predicted molar refractivity (Wildman–Crippen MR) is 200 cm³/mol. The van der Waals surface area contributed by atoms with Gasteiger partial charge in [0.25, 0.3) is 0 Å². The lowest BCUT2D eigenvalue weighted by Gasteiger charge is -2.58. The highest BCUT2D eigenvalue weighted by atomic mass is 32.1. The first-order valence-corrected chi connectivity index (χ1v) is 17.9. The summed E-state index contributed by atoms with van der Waals surface area (Å²) in [5, 5.41) is 16.7. The lowest BCUT2D eigenvalue weighted by molar-refractivity contribution is -0.240. The summed E-state index contributed by atoms with van der Waals surface area (Å²) in [5.41, 5.74) is 12.3. The van der Waals surface area contributed by atoms with E-state index in [0.717, 1.165) is 60.1 Å². The van der Waals surface area contributed by atoms with Gasteiger partial charge in [-0.05, 0) is 41.8 Å². The van der Waals surface area contributed by atoms with Gasteiger partial charge < -0.3 is 15.4 Å². The van der Waals surface area contributed by atoms with Gasteiger partial charge in [0, 0.05) is 35.3 Å². The molecule has 10 heteroatoms. The van der Waals surface area contributed by atoms with Crippen LogP contribution in [0.2, 0.25) is 0 Å². The number of carbonyl (C=O) groups is 1. The Morgan fingerprint density at radius 2 is 1.54 bits per heavy atom. The summed E-state index contributed by atoms with van der Waals surface area (Å²) in [6, 6.07) is 42.8. The van der Waals surface area contributed by atoms with Gasteiger partial charge in [-0.25, -0.2) is 19.4 Å². The van der Waals surface area contributed by atoms with E-state index in [-0.39, 0.29) is 11.5 Å². The van der Waals surface area contributed by atoms with E-state index in [9.17, 15) is 10.1 Å². The Morgan fingerprint density at radius 1 is 0.904 bits per heavy atom. The number of primary amides is 1. The largest absolute Gasteiger partial charge is 0.369 e. The average Bonchev–Trinajstić information content (AvgIpc) is 3.77. The first kappa shape index (κ1) is 31.8. The van der Waals surface area contributed by atoms with Crippen molar-refractivity contribution in [1.29, 1.82) is 5.26 Å². The van der Waals surface area contributed by atoms with Crippen LogP contribution >= 0.6 is 11.3 Å². The molecule has 9 rings (SSSR count). The molecule has 5 heterocycles. The lowest BCUT2D eigenvalue weighted by atomic mass is 9.71. The molecular weight excluding hydrogens is 667 g/mol. The van der Waals surface area contributed by atoms with Crippen LogP contribution in [0.1, 0.15) is 39.1 Å². The molecule has 0 aliphatic carbocycles. The molecule has 3 aromatic heterocycles. The predicted octanol–water partition coefficient (Wildman–Crippen LogP) is 7.69. The summed E-state index contributed by atoms with van der Waals surface area (Å²) in [6.45, 7) is 3.62. The zero-order valence-corrected chi connectivity index (χ0v) is 29.1. The molecule has 254 valence electrons. The highest BCUT2D eigenvalue weighted by Gasteiger charge is 2.59. The number of hydrogen-bond acceptors (Lipinski definition) is 7. The van der Waals surface area contributed by atoms with Gasteiger partial charge in [0.2, 0.25) is 0 Å². The first-order valence-electron chi connectivity index (χ1n) is 17.1. The van der Waals surface area contributed by atoms with Crippen LogP contribution in [0.25, 0.3) is 32.7 Å². The van der Waals surface area contributed by atoms with Crippen molar-refractivity contribution in [3.63, 3.8) is 0 Å². The van der Waals surface area contributed by atoms with E-state index < -0.39 is 11.6 Å². The Labute approximate surface area is 304 Å². The molecule has 1 atom stereocenters. The number of thiazole rings is 1.